The molecular weight excluding hydrogens is 360 g/mol. The average Bonchev–Trinajstić information content (AvgIpc) is 2.47. The number of rotatable bonds is 4. The van der Waals surface area contributed by atoms with Crippen LogP contribution in [0, 0.1) is 0 Å². The lowest BCUT2D eigenvalue weighted by Crippen LogP contribution is -2.30. The fraction of sp³-hybridized carbons (Fsp3) is 0.0769. The van der Waals surface area contributed by atoms with Crippen LogP contribution in [0.5, 0.6) is 5.75 Å². The van der Waals surface area contributed by atoms with Crippen molar-refractivity contribution in [2.24, 2.45) is 0 Å². The van der Waals surface area contributed by atoms with E-state index in [1.54, 1.807) is 12.1 Å². The highest BCUT2D eigenvalue weighted by Gasteiger charge is 2.19. The first-order valence-electron chi connectivity index (χ1n) is 5.74. The van der Waals surface area contributed by atoms with Gasteiger partial charge in [0.05, 0.1) is 7.11 Å². The summed E-state index contributed by atoms with van der Waals surface area (Å²) in [6.07, 6.45) is 2.61. The summed E-state index contributed by atoms with van der Waals surface area (Å²) in [7, 11) is -2.47. The van der Waals surface area contributed by atoms with Crippen LogP contribution in [-0.4, -0.2) is 26.4 Å². The minimum atomic E-state index is -3.97. The van der Waals surface area contributed by atoms with E-state index in [2.05, 4.69) is 20.9 Å². The van der Waals surface area contributed by atoms with Gasteiger partial charge in [-0.15, -0.1) is 0 Å². The van der Waals surface area contributed by atoms with Gasteiger partial charge in [0.2, 0.25) is 0 Å². The standard InChI is InChI=1S/C13H11BrN2O4S/c1-20-11-4-2-9(3-5-11)13(17)16-21(18,19)12-6-10(14)7-15-8-12/h2-8H,1H3,(H,16,17). The molecule has 0 aliphatic rings. The van der Waals surface area contributed by atoms with Gasteiger partial charge in [-0.25, -0.2) is 13.1 Å². The number of hydrogen-bond acceptors (Lipinski definition) is 5. The fourth-order valence-electron chi connectivity index (χ4n) is 1.52. The number of halogens is 1. The summed E-state index contributed by atoms with van der Waals surface area (Å²) in [5, 5.41) is 0. The normalized spacial score (nSPS) is 11.0. The maximum absolute atomic E-state index is 12.1. The Bertz CT molecular complexity index is 760. The molecule has 1 amide bonds. The van der Waals surface area contributed by atoms with E-state index in [1.807, 2.05) is 4.72 Å². The zero-order valence-electron chi connectivity index (χ0n) is 10.9. The zero-order valence-corrected chi connectivity index (χ0v) is 13.3. The van der Waals surface area contributed by atoms with Crippen LogP contribution in [0.2, 0.25) is 0 Å². The van der Waals surface area contributed by atoms with Gasteiger partial charge in [0.1, 0.15) is 10.6 Å². The van der Waals surface area contributed by atoms with Crippen molar-refractivity contribution in [3.8, 4) is 5.75 Å². The maximum Gasteiger partial charge on any atom is 0.265 e. The predicted octanol–water partition coefficient (Wildman–Crippen LogP) is 1.97. The van der Waals surface area contributed by atoms with Crippen LogP contribution < -0.4 is 9.46 Å². The van der Waals surface area contributed by atoms with Crippen molar-refractivity contribution in [2.45, 2.75) is 4.90 Å². The number of carbonyl (C=O) groups is 1. The minimum absolute atomic E-state index is 0.0984. The first-order chi connectivity index (χ1) is 9.92. The molecule has 110 valence electrons. The molecule has 0 radical (unpaired) electrons. The molecule has 6 nitrogen and oxygen atoms in total. The lowest BCUT2D eigenvalue weighted by atomic mass is 10.2. The van der Waals surface area contributed by atoms with Gasteiger partial charge in [0.25, 0.3) is 15.9 Å². The van der Waals surface area contributed by atoms with Crippen molar-refractivity contribution in [3.63, 3.8) is 0 Å². The van der Waals surface area contributed by atoms with Crippen molar-refractivity contribution in [2.75, 3.05) is 7.11 Å². The molecule has 2 aromatic rings. The molecule has 0 aliphatic carbocycles. The highest BCUT2D eigenvalue weighted by Crippen LogP contribution is 2.15. The van der Waals surface area contributed by atoms with Crippen molar-refractivity contribution in [1.82, 2.24) is 9.71 Å². The smallest absolute Gasteiger partial charge is 0.265 e. The molecule has 0 unspecified atom stereocenters. The Morgan fingerprint density at radius 2 is 1.90 bits per heavy atom. The summed E-state index contributed by atoms with van der Waals surface area (Å²) in [6.45, 7) is 0. The topological polar surface area (TPSA) is 85.4 Å². The van der Waals surface area contributed by atoms with Crippen LogP contribution in [0.4, 0.5) is 0 Å². The van der Waals surface area contributed by atoms with E-state index >= 15 is 0 Å². The van der Waals surface area contributed by atoms with Crippen molar-refractivity contribution in [1.29, 1.82) is 0 Å². The van der Waals surface area contributed by atoms with Gasteiger partial charge in [-0.2, -0.15) is 0 Å². The molecule has 0 saturated carbocycles. The summed E-state index contributed by atoms with van der Waals surface area (Å²) in [4.78, 5) is 15.6. The van der Waals surface area contributed by atoms with Crippen LogP contribution in [0.3, 0.4) is 0 Å². The summed E-state index contributed by atoms with van der Waals surface area (Å²) < 4.78 is 31.6. The molecule has 2 rings (SSSR count). The molecule has 1 N–H and O–H groups in total. The molecule has 1 aromatic heterocycles. The van der Waals surface area contributed by atoms with Crippen LogP contribution in [0.1, 0.15) is 10.4 Å². The van der Waals surface area contributed by atoms with Crippen LogP contribution in [-0.2, 0) is 10.0 Å². The van der Waals surface area contributed by atoms with E-state index in [9.17, 15) is 13.2 Å². The van der Waals surface area contributed by atoms with Crippen molar-refractivity contribution < 1.29 is 17.9 Å². The van der Waals surface area contributed by atoms with Gasteiger partial charge in [-0.1, -0.05) is 0 Å². The van der Waals surface area contributed by atoms with Crippen molar-refractivity contribution in [3.05, 3.63) is 52.8 Å². The maximum atomic E-state index is 12.1. The molecule has 0 saturated heterocycles. The highest BCUT2D eigenvalue weighted by molar-refractivity contribution is 9.10. The SMILES string of the molecule is COc1ccc(C(=O)NS(=O)(=O)c2cncc(Br)c2)cc1. The molecule has 8 heteroatoms. The lowest BCUT2D eigenvalue weighted by molar-refractivity contribution is 0.0981. The van der Waals surface area contributed by atoms with Gasteiger partial charge in [0, 0.05) is 22.4 Å². The molecule has 0 spiro atoms. The Morgan fingerprint density at radius 3 is 2.48 bits per heavy atom. The third-order valence-electron chi connectivity index (χ3n) is 2.57. The van der Waals surface area contributed by atoms with Crippen molar-refractivity contribution >= 4 is 31.9 Å². The van der Waals surface area contributed by atoms with E-state index in [0.29, 0.717) is 10.2 Å². The first-order valence-corrected chi connectivity index (χ1v) is 8.02. The van der Waals surface area contributed by atoms with E-state index < -0.39 is 15.9 Å². The summed E-state index contributed by atoms with van der Waals surface area (Å²) in [5.41, 5.74) is 0.210. The number of methoxy groups -OCH3 is 1. The van der Waals surface area contributed by atoms with Gasteiger partial charge in [-0.3, -0.25) is 9.78 Å². The number of nitrogens with zero attached hydrogens (tertiary/aromatic N) is 1. The molecule has 0 atom stereocenters. The van der Waals surface area contributed by atoms with E-state index in [0.717, 1.165) is 6.20 Å². The fourth-order valence-corrected chi connectivity index (χ4v) is 3.00. The van der Waals surface area contributed by atoms with Gasteiger partial charge in [-0.05, 0) is 46.3 Å². The number of pyridine rings is 1. The number of ether oxygens (including phenoxy) is 1. The molecule has 0 bridgehead atoms. The Labute approximate surface area is 130 Å². The van der Waals surface area contributed by atoms with E-state index in [-0.39, 0.29) is 10.5 Å². The third-order valence-corrected chi connectivity index (χ3v) is 4.30. The average molecular weight is 371 g/mol. The van der Waals surface area contributed by atoms with Crippen LogP contribution >= 0.6 is 15.9 Å². The van der Waals surface area contributed by atoms with Gasteiger partial charge >= 0.3 is 0 Å². The lowest BCUT2D eigenvalue weighted by Gasteiger charge is -2.07. The monoisotopic (exact) mass is 370 g/mol. The number of nitrogens with one attached hydrogen (secondary N) is 1. The predicted molar refractivity (Wildman–Crippen MR) is 79.6 cm³/mol. The van der Waals surface area contributed by atoms with Gasteiger partial charge in [0.15, 0.2) is 0 Å². The molecule has 0 aliphatic heterocycles. The third kappa shape index (κ3) is 3.79. The number of hydrogen-bond donors (Lipinski definition) is 1. The van der Waals surface area contributed by atoms with Gasteiger partial charge < -0.3 is 4.74 Å². The number of benzene rings is 1. The quantitative estimate of drug-likeness (QED) is 0.888. The Kier molecular flexibility index (Phi) is 4.59. The zero-order chi connectivity index (χ0) is 15.5. The Balaban J connectivity index is 2.21. The molecule has 1 heterocycles. The highest BCUT2D eigenvalue weighted by atomic mass is 79.9. The van der Waals surface area contributed by atoms with Crippen LogP contribution in [0.15, 0.2) is 52.1 Å². The minimum Gasteiger partial charge on any atom is -0.497 e. The molecular formula is C13H11BrN2O4S. The second-order valence-corrected chi connectivity index (χ2v) is 6.60. The molecule has 1 aromatic carbocycles. The second kappa shape index (κ2) is 6.23. The van der Waals surface area contributed by atoms with E-state index in [4.69, 9.17) is 4.74 Å². The number of sulfonamides is 1. The van der Waals surface area contributed by atoms with Crippen LogP contribution in [0.25, 0.3) is 0 Å². The number of carbonyl (C=O) groups excluding carboxylic acids is 1. The molecule has 21 heavy (non-hydrogen) atoms. The summed E-state index contributed by atoms with van der Waals surface area (Å²) >= 11 is 3.13. The molecule has 0 fully saturated rings. The first kappa shape index (κ1) is 15.5. The summed E-state index contributed by atoms with van der Waals surface area (Å²) in [6, 6.07) is 7.45. The van der Waals surface area contributed by atoms with E-state index in [1.165, 1.54) is 31.5 Å². The summed E-state index contributed by atoms with van der Waals surface area (Å²) in [5.74, 6) is -0.150. The second-order valence-electron chi connectivity index (χ2n) is 4.00. The Hall–Kier alpha value is -1.93. The largest absolute Gasteiger partial charge is 0.497 e. The number of aromatic nitrogens is 1. The number of amides is 1. The Morgan fingerprint density at radius 1 is 1.24 bits per heavy atom.